The Labute approximate surface area is 86.1 Å². The number of rotatable bonds is 5. The maximum absolute atomic E-state index is 10.9. The van der Waals surface area contributed by atoms with E-state index in [4.69, 9.17) is 9.47 Å². The molecule has 0 aromatic rings. The van der Waals surface area contributed by atoms with Crippen LogP contribution in [0.25, 0.3) is 0 Å². The van der Waals surface area contributed by atoms with Crippen LogP contribution in [0.2, 0.25) is 0 Å². The summed E-state index contributed by atoms with van der Waals surface area (Å²) in [6.07, 6.45) is 0. The van der Waals surface area contributed by atoms with Crippen LogP contribution in [-0.4, -0.2) is 25.8 Å². The molecule has 0 aliphatic heterocycles. The van der Waals surface area contributed by atoms with E-state index < -0.39 is 0 Å². The number of hydrogen-bond acceptors (Lipinski definition) is 3. The van der Waals surface area contributed by atoms with Gasteiger partial charge in [0.1, 0.15) is 6.61 Å². The Kier molecular flexibility index (Phi) is 5.46. The van der Waals surface area contributed by atoms with E-state index in [0.717, 1.165) is 0 Å². The molecule has 0 aromatic heterocycles. The largest absolute Gasteiger partial charge is 0.460 e. The highest BCUT2D eigenvalue weighted by Gasteiger charge is 2.09. The van der Waals surface area contributed by atoms with Gasteiger partial charge in [-0.15, -0.1) is 0 Å². The molecule has 0 aliphatic carbocycles. The third kappa shape index (κ3) is 7.80. The van der Waals surface area contributed by atoms with Crippen molar-refractivity contribution in [2.24, 2.45) is 5.41 Å². The van der Waals surface area contributed by atoms with Gasteiger partial charge in [-0.2, -0.15) is 0 Å². The third-order valence-electron chi connectivity index (χ3n) is 1.34. The number of carbonyl (C=O) groups excluding carboxylic acids is 1. The van der Waals surface area contributed by atoms with Gasteiger partial charge in [-0.3, -0.25) is 0 Å². The van der Waals surface area contributed by atoms with E-state index in [1.807, 2.05) is 0 Å². The van der Waals surface area contributed by atoms with E-state index >= 15 is 0 Å². The van der Waals surface area contributed by atoms with Crippen LogP contribution in [0.4, 0.5) is 0 Å². The van der Waals surface area contributed by atoms with Crippen molar-refractivity contribution < 1.29 is 14.3 Å². The normalized spacial score (nSPS) is 11.1. The second-order valence-corrected chi connectivity index (χ2v) is 4.53. The molecule has 0 rings (SSSR count). The van der Waals surface area contributed by atoms with Gasteiger partial charge in [0.2, 0.25) is 0 Å². The van der Waals surface area contributed by atoms with Crippen LogP contribution in [0.5, 0.6) is 0 Å². The second kappa shape index (κ2) is 5.81. The maximum atomic E-state index is 10.9. The van der Waals surface area contributed by atoms with Gasteiger partial charge in [0, 0.05) is 5.57 Å². The molecule has 3 heteroatoms. The molecule has 0 unspecified atom stereocenters. The Balaban J connectivity index is 3.39. The molecule has 0 radical (unpaired) electrons. The number of esters is 1. The van der Waals surface area contributed by atoms with Gasteiger partial charge in [0.25, 0.3) is 0 Å². The zero-order chi connectivity index (χ0) is 11.2. The fourth-order valence-corrected chi connectivity index (χ4v) is 0.695. The molecule has 0 aliphatic rings. The molecule has 0 N–H and O–H groups in total. The summed E-state index contributed by atoms with van der Waals surface area (Å²) >= 11 is 0. The minimum absolute atomic E-state index is 0.151. The van der Waals surface area contributed by atoms with E-state index in [0.29, 0.717) is 25.4 Å². The number of hydrogen-bond donors (Lipinski definition) is 0. The van der Waals surface area contributed by atoms with Gasteiger partial charge >= 0.3 is 5.97 Å². The van der Waals surface area contributed by atoms with Gasteiger partial charge in [-0.1, -0.05) is 27.4 Å². The molecule has 0 fully saturated rings. The maximum Gasteiger partial charge on any atom is 0.333 e. The molecule has 3 nitrogen and oxygen atoms in total. The molecule has 0 aromatic carbocycles. The van der Waals surface area contributed by atoms with Crippen molar-refractivity contribution in [1.29, 1.82) is 0 Å². The Morgan fingerprint density at radius 1 is 1.29 bits per heavy atom. The predicted molar refractivity (Wildman–Crippen MR) is 56.0 cm³/mol. The molecule has 0 amide bonds. The van der Waals surface area contributed by atoms with Gasteiger partial charge in [0.15, 0.2) is 0 Å². The quantitative estimate of drug-likeness (QED) is 0.387. The van der Waals surface area contributed by atoms with Crippen LogP contribution in [0.1, 0.15) is 27.7 Å². The van der Waals surface area contributed by atoms with Crippen molar-refractivity contribution in [3.05, 3.63) is 12.2 Å². The predicted octanol–water partition coefficient (Wildman–Crippen LogP) is 2.17. The average Bonchev–Trinajstić information content (AvgIpc) is 2.01. The highest BCUT2D eigenvalue weighted by atomic mass is 16.6. The molecule has 0 saturated carbocycles. The number of carbonyl (C=O) groups is 1. The monoisotopic (exact) mass is 200 g/mol. The van der Waals surface area contributed by atoms with Gasteiger partial charge in [0.05, 0.1) is 13.2 Å². The molecule has 0 bridgehead atoms. The lowest BCUT2D eigenvalue weighted by atomic mass is 9.99. The fraction of sp³-hybridized carbons (Fsp3) is 0.727. The van der Waals surface area contributed by atoms with Crippen LogP contribution < -0.4 is 0 Å². The Bertz CT molecular complexity index is 201. The highest BCUT2D eigenvalue weighted by molar-refractivity contribution is 5.86. The van der Waals surface area contributed by atoms with Crippen molar-refractivity contribution in [2.45, 2.75) is 27.7 Å². The van der Waals surface area contributed by atoms with E-state index in [1.165, 1.54) is 0 Å². The highest BCUT2D eigenvalue weighted by Crippen LogP contribution is 2.12. The minimum Gasteiger partial charge on any atom is -0.460 e. The van der Waals surface area contributed by atoms with Crippen LogP contribution in [-0.2, 0) is 14.3 Å². The van der Waals surface area contributed by atoms with Crippen molar-refractivity contribution in [3.63, 3.8) is 0 Å². The molecule has 0 atom stereocenters. The smallest absolute Gasteiger partial charge is 0.333 e. The summed E-state index contributed by atoms with van der Waals surface area (Å²) in [6, 6.07) is 0. The zero-order valence-electron chi connectivity index (χ0n) is 9.55. The lowest BCUT2D eigenvalue weighted by Gasteiger charge is -2.17. The minimum atomic E-state index is -0.357. The van der Waals surface area contributed by atoms with E-state index in [2.05, 4.69) is 27.4 Å². The first-order valence-corrected chi connectivity index (χ1v) is 4.73. The van der Waals surface area contributed by atoms with Gasteiger partial charge < -0.3 is 9.47 Å². The summed E-state index contributed by atoms with van der Waals surface area (Å²) in [4.78, 5) is 10.9. The molecule has 0 spiro atoms. The Morgan fingerprint density at radius 3 is 2.29 bits per heavy atom. The first kappa shape index (κ1) is 13.2. The van der Waals surface area contributed by atoms with E-state index in [-0.39, 0.29) is 11.4 Å². The second-order valence-electron chi connectivity index (χ2n) is 4.53. The third-order valence-corrected chi connectivity index (χ3v) is 1.34. The summed E-state index contributed by atoms with van der Waals surface area (Å²) in [5, 5.41) is 0. The van der Waals surface area contributed by atoms with Crippen LogP contribution >= 0.6 is 0 Å². The Hall–Kier alpha value is -0.830. The molecule has 82 valence electrons. The van der Waals surface area contributed by atoms with Crippen molar-refractivity contribution in [2.75, 3.05) is 19.8 Å². The SMILES string of the molecule is C=C(C)C(=O)OCCOCC(C)(C)C. The lowest BCUT2D eigenvalue weighted by molar-refractivity contribution is -0.140. The van der Waals surface area contributed by atoms with Crippen molar-refractivity contribution >= 4 is 5.97 Å². The van der Waals surface area contributed by atoms with Gasteiger partial charge in [-0.25, -0.2) is 4.79 Å². The summed E-state index contributed by atoms with van der Waals surface area (Å²) in [5.74, 6) is -0.357. The topological polar surface area (TPSA) is 35.5 Å². The van der Waals surface area contributed by atoms with Gasteiger partial charge in [-0.05, 0) is 12.3 Å². The summed E-state index contributed by atoms with van der Waals surface area (Å²) in [5.41, 5.74) is 0.569. The van der Waals surface area contributed by atoms with Crippen molar-refractivity contribution in [1.82, 2.24) is 0 Å². The van der Waals surface area contributed by atoms with E-state index in [1.54, 1.807) is 6.92 Å². The molecule has 0 saturated heterocycles. The van der Waals surface area contributed by atoms with Crippen molar-refractivity contribution in [3.8, 4) is 0 Å². The summed E-state index contributed by atoms with van der Waals surface area (Å²) < 4.78 is 10.2. The zero-order valence-corrected chi connectivity index (χ0v) is 9.55. The average molecular weight is 200 g/mol. The summed E-state index contributed by atoms with van der Waals surface area (Å²) in [6.45, 7) is 12.8. The lowest BCUT2D eigenvalue weighted by Crippen LogP contribution is -2.18. The van der Waals surface area contributed by atoms with E-state index in [9.17, 15) is 4.79 Å². The molecule has 0 heterocycles. The molecular formula is C11H20O3. The van der Waals surface area contributed by atoms with Crippen LogP contribution in [0, 0.1) is 5.41 Å². The Morgan fingerprint density at radius 2 is 1.86 bits per heavy atom. The summed E-state index contributed by atoms with van der Waals surface area (Å²) in [7, 11) is 0. The first-order valence-electron chi connectivity index (χ1n) is 4.73. The molecule has 14 heavy (non-hydrogen) atoms. The van der Waals surface area contributed by atoms with Crippen LogP contribution in [0.15, 0.2) is 12.2 Å². The molecular weight excluding hydrogens is 180 g/mol. The standard InChI is InChI=1S/C11H20O3/c1-9(2)10(12)14-7-6-13-8-11(3,4)5/h1,6-8H2,2-5H3. The first-order chi connectivity index (χ1) is 6.33. The fourth-order valence-electron chi connectivity index (χ4n) is 0.695. The number of ether oxygens (including phenoxy) is 2. The van der Waals surface area contributed by atoms with Crippen LogP contribution in [0.3, 0.4) is 0 Å².